The summed E-state index contributed by atoms with van der Waals surface area (Å²) in [6, 6.07) is 5.07. The lowest BCUT2D eigenvalue weighted by molar-refractivity contribution is -0.0192. The molecule has 1 aromatic carbocycles. The Bertz CT molecular complexity index is 365. The zero-order valence-electron chi connectivity index (χ0n) is 11.2. The third-order valence-electron chi connectivity index (χ3n) is 2.77. The highest BCUT2D eigenvalue weighted by Gasteiger charge is 2.08. The molecule has 2 unspecified atom stereocenters. The largest absolute Gasteiger partial charge is 0.508 e. The topological polar surface area (TPSA) is 58.9 Å². The molecule has 0 aromatic heterocycles. The summed E-state index contributed by atoms with van der Waals surface area (Å²) in [6.45, 7) is 6.22. The van der Waals surface area contributed by atoms with Gasteiger partial charge in [0.25, 0.3) is 0 Å². The first kappa shape index (κ1) is 14.8. The van der Waals surface area contributed by atoms with E-state index in [2.05, 4.69) is 0 Å². The van der Waals surface area contributed by atoms with Crippen LogP contribution in [0, 0.1) is 6.92 Å². The summed E-state index contributed by atoms with van der Waals surface area (Å²) in [5, 5.41) is 19.2. The van der Waals surface area contributed by atoms with Crippen LogP contribution in [0.4, 0.5) is 0 Å². The molecule has 2 N–H and O–H groups in total. The molecule has 0 saturated heterocycles. The second-order valence-electron chi connectivity index (χ2n) is 4.47. The molecule has 4 nitrogen and oxygen atoms in total. The number of aliphatic hydroxyl groups excluding tert-OH is 1. The van der Waals surface area contributed by atoms with Gasteiger partial charge < -0.3 is 19.7 Å². The summed E-state index contributed by atoms with van der Waals surface area (Å²) < 4.78 is 10.8. The lowest BCUT2D eigenvalue weighted by atomic mass is 10.2. The van der Waals surface area contributed by atoms with Gasteiger partial charge in [0.15, 0.2) is 0 Å². The SMILES string of the molecule is CCC(C)OCC(O)COc1ccc(C)c(O)c1. The van der Waals surface area contributed by atoms with Crippen LogP contribution in [0.3, 0.4) is 0 Å². The van der Waals surface area contributed by atoms with Crippen molar-refractivity contribution in [1.29, 1.82) is 0 Å². The molecule has 0 radical (unpaired) electrons. The van der Waals surface area contributed by atoms with Gasteiger partial charge in [-0.3, -0.25) is 0 Å². The van der Waals surface area contributed by atoms with Crippen molar-refractivity contribution in [3.05, 3.63) is 23.8 Å². The quantitative estimate of drug-likeness (QED) is 0.783. The number of hydrogen-bond donors (Lipinski definition) is 2. The Morgan fingerprint density at radius 2 is 2.00 bits per heavy atom. The van der Waals surface area contributed by atoms with Crippen molar-refractivity contribution in [3.63, 3.8) is 0 Å². The molecule has 1 aromatic rings. The van der Waals surface area contributed by atoms with Gasteiger partial charge in [-0.25, -0.2) is 0 Å². The van der Waals surface area contributed by atoms with Gasteiger partial charge in [-0.15, -0.1) is 0 Å². The number of phenolic OH excluding ortho intramolecular Hbond substituents is 1. The van der Waals surface area contributed by atoms with E-state index in [4.69, 9.17) is 9.47 Å². The molecule has 0 saturated carbocycles. The van der Waals surface area contributed by atoms with Gasteiger partial charge in [0.2, 0.25) is 0 Å². The molecule has 0 fully saturated rings. The minimum atomic E-state index is -0.664. The average Bonchev–Trinajstić information content (AvgIpc) is 2.37. The molecule has 0 aliphatic rings. The third kappa shape index (κ3) is 4.94. The molecule has 102 valence electrons. The maximum atomic E-state index is 9.67. The summed E-state index contributed by atoms with van der Waals surface area (Å²) in [5.41, 5.74) is 0.794. The molecular weight excluding hydrogens is 232 g/mol. The molecule has 0 amide bonds. The van der Waals surface area contributed by atoms with Gasteiger partial charge in [0, 0.05) is 6.07 Å². The van der Waals surface area contributed by atoms with Gasteiger partial charge >= 0.3 is 0 Å². The van der Waals surface area contributed by atoms with Crippen LogP contribution in [0.1, 0.15) is 25.8 Å². The highest BCUT2D eigenvalue weighted by molar-refractivity contribution is 5.38. The Morgan fingerprint density at radius 3 is 2.61 bits per heavy atom. The van der Waals surface area contributed by atoms with Crippen molar-refractivity contribution < 1.29 is 19.7 Å². The fraction of sp³-hybridized carbons (Fsp3) is 0.571. The van der Waals surface area contributed by atoms with Crippen LogP contribution in [-0.4, -0.2) is 35.6 Å². The van der Waals surface area contributed by atoms with E-state index in [0.29, 0.717) is 5.75 Å². The first-order valence-electron chi connectivity index (χ1n) is 6.25. The van der Waals surface area contributed by atoms with Crippen molar-refractivity contribution in [2.45, 2.75) is 39.4 Å². The summed E-state index contributed by atoms with van der Waals surface area (Å²) in [5.74, 6) is 0.735. The maximum absolute atomic E-state index is 9.67. The number of benzene rings is 1. The van der Waals surface area contributed by atoms with Crippen LogP contribution in [0.15, 0.2) is 18.2 Å². The first-order chi connectivity index (χ1) is 8.52. The predicted octanol–water partition coefficient (Wildman–Crippen LogP) is 2.26. The van der Waals surface area contributed by atoms with E-state index in [1.54, 1.807) is 12.1 Å². The molecule has 1 rings (SSSR count). The highest BCUT2D eigenvalue weighted by Crippen LogP contribution is 2.22. The average molecular weight is 254 g/mol. The normalized spacial score (nSPS) is 14.2. The van der Waals surface area contributed by atoms with Crippen LogP contribution in [0.5, 0.6) is 11.5 Å². The predicted molar refractivity (Wildman–Crippen MR) is 70.1 cm³/mol. The van der Waals surface area contributed by atoms with Crippen molar-refractivity contribution in [2.75, 3.05) is 13.2 Å². The molecular formula is C14H22O4. The van der Waals surface area contributed by atoms with Gasteiger partial charge in [0.1, 0.15) is 24.2 Å². The first-order valence-corrected chi connectivity index (χ1v) is 6.25. The zero-order chi connectivity index (χ0) is 13.5. The fourth-order valence-electron chi connectivity index (χ4n) is 1.31. The highest BCUT2D eigenvalue weighted by atomic mass is 16.5. The number of phenols is 1. The van der Waals surface area contributed by atoms with E-state index in [1.807, 2.05) is 20.8 Å². The Morgan fingerprint density at radius 1 is 1.28 bits per heavy atom. The Kier molecular flexibility index (Phi) is 5.95. The number of ether oxygens (including phenoxy) is 2. The van der Waals surface area contributed by atoms with E-state index in [0.717, 1.165) is 12.0 Å². The number of rotatable bonds is 7. The molecule has 18 heavy (non-hydrogen) atoms. The maximum Gasteiger partial charge on any atom is 0.123 e. The van der Waals surface area contributed by atoms with E-state index in [1.165, 1.54) is 6.07 Å². The third-order valence-corrected chi connectivity index (χ3v) is 2.77. The van der Waals surface area contributed by atoms with Gasteiger partial charge in [0.05, 0.1) is 12.7 Å². The smallest absolute Gasteiger partial charge is 0.123 e. The van der Waals surface area contributed by atoms with Crippen LogP contribution in [-0.2, 0) is 4.74 Å². The van der Waals surface area contributed by atoms with Crippen LogP contribution in [0.25, 0.3) is 0 Å². The zero-order valence-corrected chi connectivity index (χ0v) is 11.2. The molecule has 0 spiro atoms. The van der Waals surface area contributed by atoms with Gasteiger partial charge in [-0.05, 0) is 31.9 Å². The van der Waals surface area contributed by atoms with Crippen molar-refractivity contribution in [1.82, 2.24) is 0 Å². The van der Waals surface area contributed by atoms with E-state index >= 15 is 0 Å². The summed E-state index contributed by atoms with van der Waals surface area (Å²) in [4.78, 5) is 0. The van der Waals surface area contributed by atoms with Crippen LogP contribution < -0.4 is 4.74 Å². The lowest BCUT2D eigenvalue weighted by Crippen LogP contribution is -2.25. The van der Waals surface area contributed by atoms with E-state index < -0.39 is 6.10 Å². The van der Waals surface area contributed by atoms with Crippen molar-refractivity contribution >= 4 is 0 Å². The monoisotopic (exact) mass is 254 g/mol. The summed E-state index contributed by atoms with van der Waals surface area (Å²) in [6.07, 6.45) is 0.393. The number of hydrogen-bond acceptors (Lipinski definition) is 4. The standard InChI is InChI=1S/C14H22O4/c1-4-11(3)17-8-12(15)9-18-13-6-5-10(2)14(16)7-13/h5-7,11-12,15-16H,4,8-9H2,1-3H3. The van der Waals surface area contributed by atoms with E-state index in [-0.39, 0.29) is 25.1 Å². The minimum Gasteiger partial charge on any atom is -0.508 e. The van der Waals surface area contributed by atoms with Crippen LogP contribution in [0.2, 0.25) is 0 Å². The second-order valence-corrected chi connectivity index (χ2v) is 4.47. The molecule has 4 heteroatoms. The minimum absolute atomic E-state index is 0.142. The Balaban J connectivity index is 2.33. The van der Waals surface area contributed by atoms with Gasteiger partial charge in [-0.2, -0.15) is 0 Å². The molecule has 0 bridgehead atoms. The van der Waals surface area contributed by atoms with E-state index in [9.17, 15) is 10.2 Å². The molecule has 0 heterocycles. The summed E-state index contributed by atoms with van der Waals surface area (Å²) in [7, 11) is 0. The van der Waals surface area contributed by atoms with Crippen molar-refractivity contribution in [3.8, 4) is 11.5 Å². The lowest BCUT2D eigenvalue weighted by Gasteiger charge is -2.16. The number of aromatic hydroxyl groups is 1. The molecule has 0 aliphatic heterocycles. The fourth-order valence-corrected chi connectivity index (χ4v) is 1.31. The molecule has 0 aliphatic carbocycles. The Hall–Kier alpha value is -1.26. The van der Waals surface area contributed by atoms with Crippen LogP contribution >= 0.6 is 0 Å². The number of aryl methyl sites for hydroxylation is 1. The molecule has 2 atom stereocenters. The second kappa shape index (κ2) is 7.24. The number of aliphatic hydroxyl groups is 1. The van der Waals surface area contributed by atoms with Crippen molar-refractivity contribution in [2.24, 2.45) is 0 Å². The summed E-state index contributed by atoms with van der Waals surface area (Å²) >= 11 is 0. The Labute approximate surface area is 108 Å². The van der Waals surface area contributed by atoms with Gasteiger partial charge in [-0.1, -0.05) is 13.0 Å².